The van der Waals surface area contributed by atoms with Crippen LogP contribution in [0.2, 0.25) is 0 Å². The summed E-state index contributed by atoms with van der Waals surface area (Å²) in [6.07, 6.45) is 1.36. The molecular formula is C14H30O9Si. The molecule has 0 bridgehead atoms. The highest BCUT2D eigenvalue weighted by molar-refractivity contribution is 6.53. The fraction of sp³-hybridized carbons (Fsp3) is 0.857. The summed E-state index contributed by atoms with van der Waals surface area (Å²) in [6, 6.07) is 0. The molecule has 0 aromatic rings. The third kappa shape index (κ3) is 8.62. The first-order valence-corrected chi connectivity index (χ1v) is 9.03. The highest BCUT2D eigenvalue weighted by atomic mass is 28.4. The Bertz CT molecular complexity index is 303. The van der Waals surface area contributed by atoms with Gasteiger partial charge in [0, 0.05) is 35.5 Å². The average Bonchev–Trinajstić information content (AvgIpc) is 2.61. The van der Waals surface area contributed by atoms with Crippen LogP contribution in [0.5, 0.6) is 0 Å². The summed E-state index contributed by atoms with van der Waals surface area (Å²) in [4.78, 5) is 0. The molecule has 0 rings (SSSR count). The van der Waals surface area contributed by atoms with Gasteiger partial charge in [0.1, 0.15) is 0 Å². The second-order valence-electron chi connectivity index (χ2n) is 4.34. The SMILES string of the molecule is C=CC(OCCOC)(OCCOC)O[Si](OC)(OC)OCCOC. The number of hydrogen-bond acceptors (Lipinski definition) is 9. The van der Waals surface area contributed by atoms with Crippen LogP contribution in [0.25, 0.3) is 0 Å². The van der Waals surface area contributed by atoms with Crippen molar-refractivity contribution in [2.24, 2.45) is 0 Å². The third-order valence-electron chi connectivity index (χ3n) is 2.76. The minimum atomic E-state index is -3.54. The molecular weight excluding hydrogens is 340 g/mol. The summed E-state index contributed by atoms with van der Waals surface area (Å²) >= 11 is 0. The molecule has 0 aromatic carbocycles. The van der Waals surface area contributed by atoms with Crippen molar-refractivity contribution in [1.29, 1.82) is 0 Å². The maximum atomic E-state index is 5.86. The lowest BCUT2D eigenvalue weighted by Gasteiger charge is -2.36. The predicted octanol–water partition coefficient (Wildman–Crippen LogP) is 0.560. The fourth-order valence-electron chi connectivity index (χ4n) is 1.53. The smallest absolute Gasteiger partial charge is 0.382 e. The van der Waals surface area contributed by atoms with Crippen LogP contribution in [0.15, 0.2) is 12.7 Å². The molecule has 0 fully saturated rings. The van der Waals surface area contributed by atoms with E-state index >= 15 is 0 Å². The lowest BCUT2D eigenvalue weighted by molar-refractivity contribution is -0.338. The van der Waals surface area contributed by atoms with Gasteiger partial charge < -0.3 is 37.0 Å². The van der Waals surface area contributed by atoms with Gasteiger partial charge in [-0.05, 0) is 6.08 Å². The van der Waals surface area contributed by atoms with Gasteiger partial charge in [-0.1, -0.05) is 6.58 Å². The Balaban J connectivity index is 5.12. The standard InChI is InChI=1S/C14H30O9Si/c1-7-14(20-11-8-15-2,21-12-9-16-3)23-24(18-5,19-6)22-13-10-17-4/h7H,1,8-13H2,2-6H3. The zero-order valence-electron chi connectivity index (χ0n) is 15.2. The summed E-state index contributed by atoms with van der Waals surface area (Å²) < 4.78 is 48.4. The van der Waals surface area contributed by atoms with E-state index in [2.05, 4.69) is 6.58 Å². The maximum absolute atomic E-state index is 5.86. The molecule has 0 radical (unpaired) electrons. The topological polar surface area (TPSA) is 83.1 Å². The van der Waals surface area contributed by atoms with Crippen LogP contribution in [0, 0.1) is 0 Å². The monoisotopic (exact) mass is 370 g/mol. The Morgan fingerprint density at radius 2 is 1.21 bits per heavy atom. The van der Waals surface area contributed by atoms with Crippen molar-refractivity contribution in [2.45, 2.75) is 5.97 Å². The molecule has 0 saturated heterocycles. The zero-order chi connectivity index (χ0) is 18.3. The molecule has 0 amide bonds. The highest BCUT2D eigenvalue weighted by Crippen LogP contribution is 2.24. The van der Waals surface area contributed by atoms with Gasteiger partial charge in [-0.3, -0.25) is 4.43 Å². The van der Waals surface area contributed by atoms with E-state index in [0.717, 1.165) is 0 Å². The van der Waals surface area contributed by atoms with Crippen molar-refractivity contribution in [3.05, 3.63) is 12.7 Å². The van der Waals surface area contributed by atoms with Gasteiger partial charge in [0.15, 0.2) is 0 Å². The first kappa shape index (κ1) is 23.6. The van der Waals surface area contributed by atoms with E-state index in [9.17, 15) is 0 Å². The molecule has 0 aliphatic heterocycles. The first-order chi connectivity index (χ1) is 11.6. The second-order valence-corrected chi connectivity index (χ2v) is 6.65. The van der Waals surface area contributed by atoms with Crippen LogP contribution in [0.3, 0.4) is 0 Å². The molecule has 0 N–H and O–H groups in total. The molecule has 24 heavy (non-hydrogen) atoms. The van der Waals surface area contributed by atoms with Gasteiger partial charge in [-0.2, -0.15) is 0 Å². The van der Waals surface area contributed by atoms with Crippen LogP contribution < -0.4 is 0 Å². The number of rotatable bonds is 17. The summed E-state index contributed by atoms with van der Waals surface area (Å²) in [7, 11) is 3.97. The van der Waals surface area contributed by atoms with Crippen LogP contribution in [0.1, 0.15) is 0 Å². The molecule has 0 aromatic heterocycles. The maximum Gasteiger partial charge on any atom is 0.683 e. The Hall–Kier alpha value is -0.403. The average molecular weight is 370 g/mol. The number of ether oxygens (including phenoxy) is 5. The van der Waals surface area contributed by atoms with Crippen LogP contribution >= 0.6 is 0 Å². The number of methoxy groups -OCH3 is 3. The van der Waals surface area contributed by atoms with Crippen molar-refractivity contribution >= 4 is 9.05 Å². The highest BCUT2D eigenvalue weighted by Gasteiger charge is 2.52. The lowest BCUT2D eigenvalue weighted by Crippen LogP contribution is -2.56. The summed E-state index contributed by atoms with van der Waals surface area (Å²) in [5.41, 5.74) is 0. The molecule has 0 atom stereocenters. The Morgan fingerprint density at radius 3 is 1.58 bits per heavy atom. The van der Waals surface area contributed by atoms with E-state index in [1.54, 1.807) is 21.3 Å². The minimum Gasteiger partial charge on any atom is -0.382 e. The summed E-state index contributed by atoms with van der Waals surface area (Å²) in [5.74, 6) is -1.62. The molecule has 0 aliphatic rings. The molecule has 9 nitrogen and oxygen atoms in total. The molecule has 0 aliphatic carbocycles. The van der Waals surface area contributed by atoms with E-state index < -0.39 is 15.0 Å². The van der Waals surface area contributed by atoms with E-state index in [1.807, 2.05) is 0 Å². The summed E-state index contributed by atoms with van der Waals surface area (Å²) in [5, 5.41) is 0. The molecule has 0 saturated carbocycles. The summed E-state index contributed by atoms with van der Waals surface area (Å²) in [6.45, 7) is 5.36. The molecule has 10 heteroatoms. The minimum absolute atomic E-state index is 0.200. The van der Waals surface area contributed by atoms with Crippen molar-refractivity contribution in [3.8, 4) is 0 Å². The fourth-order valence-corrected chi connectivity index (χ4v) is 3.04. The molecule has 0 heterocycles. The van der Waals surface area contributed by atoms with Crippen molar-refractivity contribution in [1.82, 2.24) is 0 Å². The van der Waals surface area contributed by atoms with Gasteiger partial charge in [-0.25, -0.2) is 0 Å². The lowest BCUT2D eigenvalue weighted by atomic mass is 10.5. The molecule has 0 unspecified atom stereocenters. The Morgan fingerprint density at radius 1 is 0.750 bits per heavy atom. The predicted molar refractivity (Wildman–Crippen MR) is 87.3 cm³/mol. The quantitative estimate of drug-likeness (QED) is 0.158. The molecule has 144 valence electrons. The number of hydrogen-bond donors (Lipinski definition) is 0. The normalized spacial score (nSPS) is 12.5. The van der Waals surface area contributed by atoms with Crippen LogP contribution in [-0.2, 0) is 41.4 Å². The largest absolute Gasteiger partial charge is 0.683 e. The third-order valence-corrected chi connectivity index (χ3v) is 4.86. The van der Waals surface area contributed by atoms with Gasteiger partial charge in [0.2, 0.25) is 0 Å². The van der Waals surface area contributed by atoms with Crippen LogP contribution in [-0.4, -0.2) is 90.2 Å². The van der Waals surface area contributed by atoms with Crippen molar-refractivity contribution in [2.75, 3.05) is 75.2 Å². The molecule has 0 spiro atoms. The van der Waals surface area contributed by atoms with Gasteiger partial charge in [0.25, 0.3) is 5.97 Å². The Labute approximate surface area is 145 Å². The van der Waals surface area contributed by atoms with E-state index in [1.165, 1.54) is 20.3 Å². The van der Waals surface area contributed by atoms with Crippen LogP contribution in [0.4, 0.5) is 0 Å². The second kappa shape index (κ2) is 13.8. The van der Waals surface area contributed by atoms with E-state index in [-0.39, 0.29) is 19.8 Å². The van der Waals surface area contributed by atoms with Crippen molar-refractivity contribution < 1.29 is 41.4 Å². The van der Waals surface area contributed by atoms with Crippen molar-refractivity contribution in [3.63, 3.8) is 0 Å². The van der Waals surface area contributed by atoms with Gasteiger partial charge in [-0.15, -0.1) is 0 Å². The van der Waals surface area contributed by atoms with Gasteiger partial charge in [0.05, 0.1) is 39.6 Å². The van der Waals surface area contributed by atoms with E-state index in [0.29, 0.717) is 19.8 Å². The first-order valence-electron chi connectivity index (χ1n) is 7.40. The van der Waals surface area contributed by atoms with Gasteiger partial charge >= 0.3 is 9.05 Å². The zero-order valence-corrected chi connectivity index (χ0v) is 16.2. The Kier molecular flexibility index (Phi) is 13.6. The van der Waals surface area contributed by atoms with E-state index in [4.69, 9.17) is 41.4 Å².